The van der Waals surface area contributed by atoms with E-state index in [1.165, 1.54) is 13.2 Å². The highest BCUT2D eigenvalue weighted by molar-refractivity contribution is 7.80. The van der Waals surface area contributed by atoms with Crippen LogP contribution in [0.5, 0.6) is 5.75 Å². The van der Waals surface area contributed by atoms with E-state index in [0.29, 0.717) is 30.2 Å². The van der Waals surface area contributed by atoms with Crippen LogP contribution >= 0.6 is 12.6 Å². The van der Waals surface area contributed by atoms with Gasteiger partial charge in [-0.2, -0.15) is 17.7 Å². The molecule has 0 radical (unpaired) electrons. The predicted octanol–water partition coefficient (Wildman–Crippen LogP) is 4.02. The molecule has 3 aromatic rings. The van der Waals surface area contributed by atoms with E-state index in [4.69, 9.17) is 20.0 Å². The van der Waals surface area contributed by atoms with E-state index in [9.17, 15) is 4.39 Å². The number of nitrogen functional groups attached to an aromatic ring is 1. The van der Waals surface area contributed by atoms with E-state index in [2.05, 4.69) is 33.8 Å². The van der Waals surface area contributed by atoms with Gasteiger partial charge in [-0.3, -0.25) is 9.48 Å². The number of amides is 1. The van der Waals surface area contributed by atoms with Crippen LogP contribution in [0.2, 0.25) is 0 Å². The number of hydrogen-bond donors (Lipinski definition) is 4. The summed E-state index contributed by atoms with van der Waals surface area (Å²) in [6, 6.07) is 7.37. The molecule has 1 amide bonds. The number of methoxy groups -OCH3 is 1. The summed E-state index contributed by atoms with van der Waals surface area (Å²) in [4.78, 5) is 13.1. The maximum Gasteiger partial charge on any atom is 0.204 e. The molecule has 1 aliphatic carbocycles. The highest BCUT2D eigenvalue weighted by Crippen LogP contribution is 2.41. The number of halogens is 1. The van der Waals surface area contributed by atoms with Gasteiger partial charge in [0.2, 0.25) is 6.41 Å². The Bertz CT molecular complexity index is 1250. The third-order valence-electron chi connectivity index (χ3n) is 6.66. The fraction of sp³-hybridized carbons (Fsp3) is 0.393. The number of hydrogen-bond acceptors (Lipinski definition) is 8. The lowest BCUT2D eigenvalue weighted by Crippen LogP contribution is -2.61. The second-order valence-corrected chi connectivity index (χ2v) is 9.84. The normalized spacial score (nSPS) is 19.7. The number of fused-ring (bicyclic) bond motifs is 1. The number of benzene rings is 1. The highest BCUT2D eigenvalue weighted by Gasteiger charge is 2.48. The minimum absolute atomic E-state index is 0.0539. The number of carbonyl (C=O) groups is 1. The number of nitrogens with one attached hydrogen (secondary N) is 1. The van der Waals surface area contributed by atoms with Crippen LogP contribution in [0.1, 0.15) is 42.4 Å². The van der Waals surface area contributed by atoms with E-state index in [0.717, 1.165) is 41.3 Å². The van der Waals surface area contributed by atoms with E-state index in [1.807, 2.05) is 50.6 Å². The molecule has 5 rings (SSSR count). The quantitative estimate of drug-likeness (QED) is 0.244. The molecule has 4 unspecified atom stereocenters. The van der Waals surface area contributed by atoms with E-state index < -0.39 is 0 Å². The predicted molar refractivity (Wildman–Crippen MR) is 155 cm³/mol. The van der Waals surface area contributed by atoms with Crippen molar-refractivity contribution >= 4 is 36.6 Å². The number of ether oxygens (including phenoxy) is 2. The number of rotatable bonds is 8. The van der Waals surface area contributed by atoms with Gasteiger partial charge in [-0.05, 0) is 41.9 Å². The van der Waals surface area contributed by atoms with Crippen LogP contribution in [-0.2, 0) is 16.6 Å². The first kappa shape index (κ1) is 30.0. The van der Waals surface area contributed by atoms with Crippen LogP contribution in [-0.4, -0.2) is 52.8 Å². The zero-order valence-electron chi connectivity index (χ0n) is 22.5. The number of carbonyl (C=O) groups excluding carboxylic acids is 1. The Balaban J connectivity index is 0.000000643. The third kappa shape index (κ3) is 7.73. The molecule has 0 bridgehead atoms. The number of nitrogens with zero attached hydrogens (tertiary/aromatic N) is 3. The fourth-order valence-corrected chi connectivity index (χ4v) is 4.56. The van der Waals surface area contributed by atoms with Crippen molar-refractivity contribution in [1.82, 2.24) is 14.8 Å². The lowest BCUT2D eigenvalue weighted by atomic mass is 9.73. The molecule has 3 heterocycles. The van der Waals surface area contributed by atoms with Gasteiger partial charge in [0.05, 0.1) is 26.0 Å². The van der Waals surface area contributed by atoms with Gasteiger partial charge in [-0.25, -0.2) is 9.37 Å². The minimum atomic E-state index is -0.379. The summed E-state index contributed by atoms with van der Waals surface area (Å²) in [5, 5.41) is 7.75. The Kier molecular flexibility index (Phi) is 11.2. The molecule has 11 heteroatoms. The standard InChI is InChI=1S/C25H28FN5O2.C2H6S.CH3NO/c1-31-13-17(12-29-31)18(15-6-7-23(32-2)20(26)8-15)5-3-4-16-11-28-25(9-21(16)27)30-22-10-24-19(22)14-33-24;1-2-3;2-1-3/h3-4,6-9,11-13,18-19,22,24H,5,10,14H2,1-2H3,(H3,27,28,30);3H,2H2,1H3;1H,(H2,2,3)/b4-3-;;. The van der Waals surface area contributed by atoms with Crippen molar-refractivity contribution in [2.45, 2.75) is 37.8 Å². The van der Waals surface area contributed by atoms with Gasteiger partial charge in [-0.1, -0.05) is 25.1 Å². The van der Waals surface area contributed by atoms with Crippen LogP contribution in [0.25, 0.3) is 6.08 Å². The largest absolute Gasteiger partial charge is 0.494 e. The highest BCUT2D eigenvalue weighted by atomic mass is 32.1. The molecule has 4 atom stereocenters. The van der Waals surface area contributed by atoms with E-state index in [-0.39, 0.29) is 23.9 Å². The number of aryl methyl sites for hydroxylation is 1. The molecule has 39 heavy (non-hydrogen) atoms. The topological polar surface area (TPSA) is 130 Å². The van der Waals surface area contributed by atoms with Crippen LogP contribution < -0.4 is 21.5 Å². The molecular weight excluding hydrogens is 519 g/mol. The van der Waals surface area contributed by atoms with Crippen molar-refractivity contribution < 1.29 is 18.7 Å². The maximum atomic E-state index is 14.4. The number of allylic oxidation sites excluding steroid dienone is 1. The van der Waals surface area contributed by atoms with Gasteiger partial charge in [0, 0.05) is 54.6 Å². The number of aromatic nitrogens is 3. The molecule has 9 nitrogen and oxygen atoms in total. The number of anilines is 2. The molecule has 2 aromatic heterocycles. The Morgan fingerprint density at radius 3 is 2.59 bits per heavy atom. The van der Waals surface area contributed by atoms with Crippen molar-refractivity contribution in [3.8, 4) is 5.75 Å². The summed E-state index contributed by atoms with van der Waals surface area (Å²) in [6.45, 7) is 2.82. The summed E-state index contributed by atoms with van der Waals surface area (Å²) in [7, 11) is 3.33. The number of thiol groups is 1. The zero-order valence-corrected chi connectivity index (χ0v) is 23.4. The second-order valence-electron chi connectivity index (χ2n) is 9.20. The summed E-state index contributed by atoms with van der Waals surface area (Å²) in [6.07, 6.45) is 11.9. The maximum absolute atomic E-state index is 14.4. The van der Waals surface area contributed by atoms with Crippen molar-refractivity contribution in [1.29, 1.82) is 0 Å². The molecule has 0 spiro atoms. The summed E-state index contributed by atoms with van der Waals surface area (Å²) in [5.41, 5.74) is 13.8. The van der Waals surface area contributed by atoms with Gasteiger partial charge in [0.25, 0.3) is 0 Å². The third-order valence-corrected chi connectivity index (χ3v) is 6.66. The molecule has 1 aromatic carbocycles. The fourth-order valence-electron chi connectivity index (χ4n) is 4.56. The van der Waals surface area contributed by atoms with Crippen LogP contribution in [0.4, 0.5) is 15.9 Å². The molecular formula is C28H37FN6O3S. The lowest BCUT2D eigenvalue weighted by molar-refractivity contribution is -0.180. The number of nitrogens with two attached hydrogens (primary N) is 2. The second kappa shape index (κ2) is 14.5. The smallest absolute Gasteiger partial charge is 0.204 e. The van der Waals surface area contributed by atoms with E-state index in [1.54, 1.807) is 16.9 Å². The Morgan fingerprint density at radius 2 is 2.08 bits per heavy atom. The molecule has 1 aliphatic heterocycles. The van der Waals surface area contributed by atoms with Crippen LogP contribution in [0.15, 0.2) is 48.9 Å². The van der Waals surface area contributed by atoms with Crippen molar-refractivity contribution in [2.24, 2.45) is 18.7 Å². The van der Waals surface area contributed by atoms with Gasteiger partial charge in [0.15, 0.2) is 11.6 Å². The van der Waals surface area contributed by atoms with E-state index >= 15 is 0 Å². The molecule has 1 saturated heterocycles. The Labute approximate surface area is 234 Å². The van der Waals surface area contributed by atoms with Gasteiger partial charge < -0.3 is 26.3 Å². The van der Waals surface area contributed by atoms with Crippen molar-refractivity contribution in [3.63, 3.8) is 0 Å². The number of primary amides is 1. The first-order chi connectivity index (χ1) is 18.8. The monoisotopic (exact) mass is 556 g/mol. The average molecular weight is 557 g/mol. The Hall–Kier alpha value is -3.57. The molecule has 210 valence electrons. The van der Waals surface area contributed by atoms with Gasteiger partial charge >= 0.3 is 0 Å². The first-order valence-electron chi connectivity index (χ1n) is 12.7. The molecule has 5 N–H and O–H groups in total. The molecule has 1 saturated carbocycles. The summed E-state index contributed by atoms with van der Waals surface area (Å²) in [5.74, 6) is 2.13. The summed E-state index contributed by atoms with van der Waals surface area (Å²) >= 11 is 3.79. The zero-order chi connectivity index (χ0) is 28.4. The lowest BCUT2D eigenvalue weighted by Gasteiger charge is -2.52. The first-order valence-corrected chi connectivity index (χ1v) is 13.4. The van der Waals surface area contributed by atoms with Crippen LogP contribution in [0.3, 0.4) is 0 Å². The average Bonchev–Trinajstić information content (AvgIpc) is 3.32. The van der Waals surface area contributed by atoms with Crippen molar-refractivity contribution in [3.05, 3.63) is 71.4 Å². The minimum Gasteiger partial charge on any atom is -0.494 e. The summed E-state index contributed by atoms with van der Waals surface area (Å²) < 4.78 is 26.7. The van der Waals surface area contributed by atoms with Gasteiger partial charge in [-0.15, -0.1) is 0 Å². The van der Waals surface area contributed by atoms with Crippen molar-refractivity contribution in [2.75, 3.05) is 30.5 Å². The van der Waals surface area contributed by atoms with Crippen LogP contribution in [0, 0.1) is 11.7 Å². The number of pyridine rings is 1. The van der Waals surface area contributed by atoms with Gasteiger partial charge in [0.1, 0.15) is 5.82 Å². The Morgan fingerprint density at radius 1 is 1.33 bits per heavy atom. The SMILES string of the molecule is CCS.COc1ccc(C(C/C=C\c2cnc(NC3CC4OCC34)cc2N)c2cnn(C)c2)cc1F.NC=O. The molecule has 2 fully saturated rings. The molecule has 2 aliphatic rings.